The molecule has 4 rings (SSSR count). The van der Waals surface area contributed by atoms with E-state index in [1.807, 2.05) is 36.4 Å². The molecule has 0 bridgehead atoms. The van der Waals surface area contributed by atoms with E-state index in [4.69, 9.17) is 12.2 Å². The number of hydrogen-bond donors (Lipinski definition) is 2. The van der Waals surface area contributed by atoms with Gasteiger partial charge in [0.1, 0.15) is 11.7 Å². The Balaban J connectivity index is 1.55. The summed E-state index contributed by atoms with van der Waals surface area (Å²) < 4.78 is 0. The second kappa shape index (κ2) is 10.0. The van der Waals surface area contributed by atoms with E-state index in [0.29, 0.717) is 5.69 Å². The molecule has 1 aliphatic heterocycles. The quantitative estimate of drug-likeness (QED) is 0.528. The number of pyridine rings is 1. The highest BCUT2D eigenvalue weighted by atomic mass is 32.1. The number of para-hydroxylation sites is 1. The highest BCUT2D eigenvalue weighted by Crippen LogP contribution is 2.22. The van der Waals surface area contributed by atoms with E-state index in [-0.39, 0.29) is 35.6 Å². The van der Waals surface area contributed by atoms with Gasteiger partial charge in [0.25, 0.3) is 11.8 Å². The van der Waals surface area contributed by atoms with Gasteiger partial charge in [-0.15, -0.1) is 0 Å². The fourth-order valence-corrected chi connectivity index (χ4v) is 3.76. The number of thiocarbonyl (C=S) groups is 1. The molecule has 9 heteroatoms. The van der Waals surface area contributed by atoms with Gasteiger partial charge in [-0.2, -0.15) is 0 Å². The van der Waals surface area contributed by atoms with Crippen molar-refractivity contribution >= 4 is 40.7 Å². The van der Waals surface area contributed by atoms with Crippen LogP contribution in [0, 0.1) is 0 Å². The van der Waals surface area contributed by atoms with Gasteiger partial charge in [0.15, 0.2) is 5.11 Å². The molecular weight excluding hydrogens is 438 g/mol. The van der Waals surface area contributed by atoms with Crippen LogP contribution in [0.15, 0.2) is 85.1 Å². The maximum Gasteiger partial charge on any atom is 0.288 e. The molecule has 166 valence electrons. The van der Waals surface area contributed by atoms with E-state index >= 15 is 0 Å². The maximum absolute atomic E-state index is 13.3. The van der Waals surface area contributed by atoms with Gasteiger partial charge in [-0.3, -0.25) is 29.7 Å². The summed E-state index contributed by atoms with van der Waals surface area (Å²) in [6.45, 7) is 0.227. The first kappa shape index (κ1) is 22.1. The van der Waals surface area contributed by atoms with Crippen molar-refractivity contribution in [3.8, 4) is 0 Å². The van der Waals surface area contributed by atoms with E-state index < -0.39 is 11.9 Å². The van der Waals surface area contributed by atoms with Crippen LogP contribution in [0.5, 0.6) is 0 Å². The number of carbonyl (C=O) groups is 3. The van der Waals surface area contributed by atoms with Crippen molar-refractivity contribution in [1.29, 1.82) is 0 Å². The molecule has 0 saturated carbocycles. The molecular formula is C24H21N5O3S. The van der Waals surface area contributed by atoms with Gasteiger partial charge >= 0.3 is 0 Å². The molecule has 8 nitrogen and oxygen atoms in total. The third-order valence-electron chi connectivity index (χ3n) is 5.04. The van der Waals surface area contributed by atoms with Crippen LogP contribution in [0.2, 0.25) is 0 Å². The number of carbonyl (C=O) groups excluding carboxylic acids is 3. The fraction of sp³-hybridized carbons (Fsp3) is 0.125. The average molecular weight is 460 g/mol. The number of aromatic nitrogens is 1. The number of nitrogens with zero attached hydrogens (tertiary/aromatic N) is 3. The Hall–Kier alpha value is -4.11. The number of rotatable bonds is 7. The molecule has 2 heterocycles. The molecule has 2 N–H and O–H groups in total. The molecule has 1 aliphatic rings. The van der Waals surface area contributed by atoms with E-state index in [9.17, 15) is 14.4 Å². The highest BCUT2D eigenvalue weighted by molar-refractivity contribution is 7.80. The van der Waals surface area contributed by atoms with Crippen LogP contribution in [0.1, 0.15) is 22.5 Å². The Kier molecular flexibility index (Phi) is 6.70. The third-order valence-corrected chi connectivity index (χ3v) is 5.46. The molecule has 1 saturated heterocycles. The fourth-order valence-electron chi connectivity index (χ4n) is 3.44. The van der Waals surface area contributed by atoms with Crippen LogP contribution < -0.4 is 10.7 Å². The Morgan fingerprint density at radius 1 is 0.939 bits per heavy atom. The van der Waals surface area contributed by atoms with Crippen LogP contribution in [-0.2, 0) is 16.1 Å². The summed E-state index contributed by atoms with van der Waals surface area (Å²) in [6, 6.07) is 22.2. The molecule has 0 radical (unpaired) electrons. The summed E-state index contributed by atoms with van der Waals surface area (Å²) in [7, 11) is 0. The Bertz CT molecular complexity index is 1160. The van der Waals surface area contributed by atoms with Gasteiger partial charge in [-0.25, -0.2) is 5.01 Å². The summed E-state index contributed by atoms with van der Waals surface area (Å²) in [5.41, 5.74) is 4.31. The molecule has 1 unspecified atom stereocenters. The first-order valence-corrected chi connectivity index (χ1v) is 10.7. The van der Waals surface area contributed by atoms with Crippen LogP contribution >= 0.6 is 12.2 Å². The second-order valence-electron chi connectivity index (χ2n) is 7.35. The van der Waals surface area contributed by atoms with Gasteiger partial charge in [0.2, 0.25) is 5.91 Å². The lowest BCUT2D eigenvalue weighted by atomic mass is 10.1. The van der Waals surface area contributed by atoms with Gasteiger partial charge in [0.05, 0.1) is 13.0 Å². The largest absolute Gasteiger partial charge is 0.326 e. The zero-order valence-corrected chi connectivity index (χ0v) is 18.4. The number of hydrazine groups is 1. The van der Waals surface area contributed by atoms with Gasteiger partial charge in [-0.1, -0.05) is 54.6 Å². The number of benzene rings is 2. The summed E-state index contributed by atoms with van der Waals surface area (Å²) in [5, 5.41) is 4.17. The predicted molar refractivity (Wildman–Crippen MR) is 127 cm³/mol. The zero-order chi connectivity index (χ0) is 23.2. The normalized spacial score (nSPS) is 15.5. The molecule has 3 amide bonds. The average Bonchev–Trinajstić information content (AvgIpc) is 3.05. The smallest absolute Gasteiger partial charge is 0.288 e. The monoisotopic (exact) mass is 459 g/mol. The Morgan fingerprint density at radius 2 is 1.61 bits per heavy atom. The zero-order valence-electron chi connectivity index (χ0n) is 17.5. The summed E-state index contributed by atoms with van der Waals surface area (Å²) in [6.07, 6.45) is 1.30. The lowest BCUT2D eigenvalue weighted by molar-refractivity contribution is -0.131. The van der Waals surface area contributed by atoms with Gasteiger partial charge in [-0.05, 0) is 42.0 Å². The van der Waals surface area contributed by atoms with Gasteiger partial charge < -0.3 is 5.32 Å². The SMILES string of the molecule is O=C(CC1C(=O)N(Cc2ccccc2)C(=S)N1NC(=O)c1ccccn1)Nc1ccccc1. The molecule has 0 aliphatic carbocycles. The minimum Gasteiger partial charge on any atom is -0.326 e. The van der Waals surface area contributed by atoms with Crippen molar-refractivity contribution in [2.24, 2.45) is 0 Å². The summed E-state index contributed by atoms with van der Waals surface area (Å²) in [4.78, 5) is 44.2. The molecule has 3 aromatic rings. The third kappa shape index (κ3) is 5.21. The summed E-state index contributed by atoms with van der Waals surface area (Å²) in [5.74, 6) is -1.27. The molecule has 2 aromatic carbocycles. The molecule has 1 fully saturated rings. The molecule has 33 heavy (non-hydrogen) atoms. The number of nitrogens with one attached hydrogen (secondary N) is 2. The van der Waals surface area contributed by atoms with E-state index in [1.165, 1.54) is 16.1 Å². The van der Waals surface area contributed by atoms with E-state index in [0.717, 1.165) is 5.56 Å². The van der Waals surface area contributed by atoms with Crippen molar-refractivity contribution in [2.45, 2.75) is 19.0 Å². The molecule has 1 atom stereocenters. The van der Waals surface area contributed by atoms with Gasteiger partial charge in [0, 0.05) is 11.9 Å². The van der Waals surface area contributed by atoms with E-state index in [2.05, 4.69) is 15.7 Å². The number of amides is 3. The number of anilines is 1. The van der Waals surface area contributed by atoms with Crippen molar-refractivity contribution < 1.29 is 14.4 Å². The standard InChI is InChI=1S/C24H21N5O3S/c30-21(26-18-11-5-2-6-12-18)15-20-23(32)28(16-17-9-3-1-4-10-17)24(33)29(20)27-22(31)19-13-7-8-14-25-19/h1-14,20H,15-16H2,(H,26,30)(H,27,31). The predicted octanol–water partition coefficient (Wildman–Crippen LogP) is 2.75. The highest BCUT2D eigenvalue weighted by Gasteiger charge is 2.44. The van der Waals surface area contributed by atoms with Crippen molar-refractivity contribution in [1.82, 2.24) is 20.3 Å². The first-order chi connectivity index (χ1) is 16.0. The topological polar surface area (TPSA) is 94.6 Å². The first-order valence-electron chi connectivity index (χ1n) is 10.3. The minimum absolute atomic E-state index is 0.116. The number of hydrogen-bond acceptors (Lipinski definition) is 5. The van der Waals surface area contributed by atoms with Crippen molar-refractivity contribution in [3.05, 3.63) is 96.3 Å². The lowest BCUT2D eigenvalue weighted by Crippen LogP contribution is -2.49. The minimum atomic E-state index is -0.988. The van der Waals surface area contributed by atoms with Crippen molar-refractivity contribution in [3.63, 3.8) is 0 Å². The lowest BCUT2D eigenvalue weighted by Gasteiger charge is -2.24. The van der Waals surface area contributed by atoms with Crippen LogP contribution in [0.3, 0.4) is 0 Å². The Morgan fingerprint density at radius 3 is 2.27 bits per heavy atom. The van der Waals surface area contributed by atoms with E-state index in [1.54, 1.807) is 42.5 Å². The van der Waals surface area contributed by atoms with Crippen LogP contribution in [-0.4, -0.2) is 43.8 Å². The van der Waals surface area contributed by atoms with Crippen molar-refractivity contribution in [2.75, 3.05) is 5.32 Å². The molecule has 1 aromatic heterocycles. The Labute approximate surface area is 196 Å². The maximum atomic E-state index is 13.3. The molecule has 0 spiro atoms. The summed E-state index contributed by atoms with van der Waals surface area (Å²) >= 11 is 5.53. The van der Waals surface area contributed by atoms with Crippen LogP contribution in [0.4, 0.5) is 5.69 Å². The second-order valence-corrected chi connectivity index (χ2v) is 7.72. The van der Waals surface area contributed by atoms with Crippen LogP contribution in [0.25, 0.3) is 0 Å².